The maximum atomic E-state index is 14.0. The van der Waals surface area contributed by atoms with Gasteiger partial charge in [0.05, 0.1) is 4.47 Å². The van der Waals surface area contributed by atoms with Crippen molar-refractivity contribution in [3.8, 4) is 0 Å². The van der Waals surface area contributed by atoms with Crippen LogP contribution in [0.3, 0.4) is 0 Å². The maximum absolute atomic E-state index is 14.0. The smallest absolute Gasteiger partial charge is 0.152 e. The number of halogens is 3. The number of rotatable bonds is 4. The van der Waals surface area contributed by atoms with E-state index in [0.717, 1.165) is 18.2 Å². The number of hydrogen-bond donors (Lipinski definition) is 1. The van der Waals surface area contributed by atoms with Crippen molar-refractivity contribution >= 4 is 32.5 Å². The summed E-state index contributed by atoms with van der Waals surface area (Å²) in [5.74, 6) is -0.834. The monoisotopic (exact) mass is 342 g/mol. The summed E-state index contributed by atoms with van der Waals surface area (Å²) in [6.45, 7) is 6.77. The molecule has 2 nitrogen and oxygen atoms in total. The average molecular weight is 343 g/mol. The maximum Gasteiger partial charge on any atom is 0.152 e. The average Bonchev–Trinajstić information content (AvgIpc) is 2.35. The molecule has 0 bridgehead atoms. The van der Waals surface area contributed by atoms with Crippen LogP contribution < -0.4 is 5.32 Å². The van der Waals surface area contributed by atoms with Crippen LogP contribution in [0, 0.1) is 17.6 Å². The van der Waals surface area contributed by atoms with Gasteiger partial charge in [-0.2, -0.15) is 0 Å². The van der Waals surface area contributed by atoms with Gasteiger partial charge in [0, 0.05) is 29.4 Å². The van der Waals surface area contributed by atoms with Crippen LogP contribution >= 0.6 is 15.9 Å². The second-order valence-corrected chi connectivity index (χ2v) is 5.96. The SMILES string of the molecule is CCNc1cc(CC(C)C)nc2c(F)cc(F)c(Br)c12. The van der Waals surface area contributed by atoms with Gasteiger partial charge >= 0.3 is 0 Å². The van der Waals surface area contributed by atoms with E-state index < -0.39 is 11.6 Å². The van der Waals surface area contributed by atoms with Gasteiger partial charge in [0.15, 0.2) is 5.82 Å². The van der Waals surface area contributed by atoms with Crippen molar-refractivity contribution in [3.05, 3.63) is 33.9 Å². The van der Waals surface area contributed by atoms with E-state index in [1.165, 1.54) is 0 Å². The van der Waals surface area contributed by atoms with Crippen LogP contribution in [0.1, 0.15) is 26.5 Å². The first-order chi connectivity index (χ1) is 9.43. The van der Waals surface area contributed by atoms with Crippen molar-refractivity contribution < 1.29 is 8.78 Å². The van der Waals surface area contributed by atoms with Crippen LogP contribution in [0.25, 0.3) is 10.9 Å². The standard InChI is InChI=1S/C15H17BrF2N2/c1-4-19-12-6-9(5-8(2)3)20-15-11(18)7-10(17)14(16)13(12)15/h6-8H,4-5H2,1-3H3,(H,19,20). The lowest BCUT2D eigenvalue weighted by Gasteiger charge is -2.14. The number of aromatic nitrogens is 1. The minimum Gasteiger partial charge on any atom is -0.385 e. The van der Waals surface area contributed by atoms with Crippen molar-refractivity contribution in [2.75, 3.05) is 11.9 Å². The van der Waals surface area contributed by atoms with Gasteiger partial charge in [-0.25, -0.2) is 13.8 Å². The highest BCUT2D eigenvalue weighted by Crippen LogP contribution is 2.34. The Morgan fingerprint density at radius 2 is 1.95 bits per heavy atom. The molecule has 0 amide bonds. The van der Waals surface area contributed by atoms with E-state index in [4.69, 9.17) is 0 Å². The van der Waals surface area contributed by atoms with E-state index in [0.29, 0.717) is 23.5 Å². The molecular formula is C15H17BrF2N2. The number of pyridine rings is 1. The van der Waals surface area contributed by atoms with Crippen LogP contribution in [0.15, 0.2) is 16.6 Å². The molecule has 1 heterocycles. The lowest BCUT2D eigenvalue weighted by molar-refractivity contribution is 0.585. The summed E-state index contributed by atoms with van der Waals surface area (Å²) in [5.41, 5.74) is 1.71. The van der Waals surface area contributed by atoms with Crippen LogP contribution in [0.5, 0.6) is 0 Å². The van der Waals surface area contributed by atoms with Crippen molar-refractivity contribution in [1.29, 1.82) is 0 Å². The normalized spacial score (nSPS) is 11.3. The first-order valence-electron chi connectivity index (χ1n) is 6.65. The molecule has 0 saturated heterocycles. The zero-order valence-corrected chi connectivity index (χ0v) is 13.3. The van der Waals surface area contributed by atoms with Gasteiger partial charge in [0.2, 0.25) is 0 Å². The first kappa shape index (κ1) is 15.2. The van der Waals surface area contributed by atoms with E-state index in [9.17, 15) is 8.78 Å². The van der Waals surface area contributed by atoms with Gasteiger partial charge in [-0.3, -0.25) is 0 Å². The molecular weight excluding hydrogens is 326 g/mol. The second kappa shape index (κ2) is 6.04. The summed E-state index contributed by atoms with van der Waals surface area (Å²) in [4.78, 5) is 4.35. The highest BCUT2D eigenvalue weighted by molar-refractivity contribution is 9.10. The van der Waals surface area contributed by atoms with Gasteiger partial charge in [-0.1, -0.05) is 13.8 Å². The first-order valence-corrected chi connectivity index (χ1v) is 7.44. The molecule has 1 aromatic heterocycles. The van der Waals surface area contributed by atoms with Crippen LogP contribution in [0.2, 0.25) is 0 Å². The quantitative estimate of drug-likeness (QED) is 0.799. The molecule has 0 radical (unpaired) electrons. The highest BCUT2D eigenvalue weighted by Gasteiger charge is 2.16. The van der Waals surface area contributed by atoms with Crippen molar-refractivity contribution in [2.24, 2.45) is 5.92 Å². The lowest BCUT2D eigenvalue weighted by atomic mass is 10.0. The van der Waals surface area contributed by atoms with Gasteiger partial charge < -0.3 is 5.32 Å². The van der Waals surface area contributed by atoms with E-state index in [1.54, 1.807) is 0 Å². The molecule has 0 saturated carbocycles. The number of hydrogen-bond acceptors (Lipinski definition) is 2. The van der Waals surface area contributed by atoms with Crippen LogP contribution in [-0.4, -0.2) is 11.5 Å². The molecule has 0 aliphatic carbocycles. The molecule has 5 heteroatoms. The molecule has 20 heavy (non-hydrogen) atoms. The largest absolute Gasteiger partial charge is 0.385 e. The van der Waals surface area contributed by atoms with Gasteiger partial charge in [0.1, 0.15) is 11.3 Å². The van der Waals surface area contributed by atoms with Gasteiger partial charge in [-0.05, 0) is 41.3 Å². The van der Waals surface area contributed by atoms with Crippen LogP contribution in [0.4, 0.5) is 14.5 Å². The van der Waals surface area contributed by atoms with E-state index >= 15 is 0 Å². The minimum atomic E-state index is -0.634. The number of anilines is 1. The lowest BCUT2D eigenvalue weighted by Crippen LogP contribution is -2.05. The Kier molecular flexibility index (Phi) is 4.58. The summed E-state index contributed by atoms with van der Waals surface area (Å²) >= 11 is 3.19. The Bertz CT molecular complexity index is 642. The fourth-order valence-corrected chi connectivity index (χ4v) is 2.72. The number of benzene rings is 1. The zero-order valence-electron chi connectivity index (χ0n) is 11.7. The zero-order chi connectivity index (χ0) is 14.9. The predicted octanol–water partition coefficient (Wildman–Crippen LogP) is 4.91. The van der Waals surface area contributed by atoms with E-state index in [2.05, 4.69) is 40.1 Å². The summed E-state index contributed by atoms with van der Waals surface area (Å²) in [7, 11) is 0. The van der Waals surface area contributed by atoms with Crippen molar-refractivity contribution in [1.82, 2.24) is 4.98 Å². The molecule has 0 unspecified atom stereocenters. The van der Waals surface area contributed by atoms with Crippen molar-refractivity contribution in [2.45, 2.75) is 27.2 Å². The molecule has 108 valence electrons. The molecule has 1 aromatic carbocycles. The summed E-state index contributed by atoms with van der Waals surface area (Å²) in [6.07, 6.45) is 0.753. The Balaban J connectivity index is 2.74. The molecule has 0 aliphatic heterocycles. The Hall–Kier alpha value is -1.23. The fourth-order valence-electron chi connectivity index (χ4n) is 2.21. The Labute approximate surface area is 125 Å². The molecule has 2 aromatic rings. The minimum absolute atomic E-state index is 0.201. The fraction of sp³-hybridized carbons (Fsp3) is 0.400. The molecule has 0 fully saturated rings. The van der Waals surface area contributed by atoms with E-state index in [-0.39, 0.29) is 9.99 Å². The number of nitrogens with one attached hydrogen (secondary N) is 1. The predicted molar refractivity (Wildman–Crippen MR) is 82.1 cm³/mol. The molecule has 0 atom stereocenters. The molecule has 2 rings (SSSR count). The summed E-state index contributed by atoms with van der Waals surface area (Å²) < 4.78 is 28.0. The second-order valence-electron chi connectivity index (χ2n) is 5.17. The van der Waals surface area contributed by atoms with E-state index in [1.807, 2.05) is 13.0 Å². The van der Waals surface area contributed by atoms with Gasteiger partial charge in [0.25, 0.3) is 0 Å². The highest BCUT2D eigenvalue weighted by atomic mass is 79.9. The molecule has 0 aliphatic rings. The van der Waals surface area contributed by atoms with Crippen molar-refractivity contribution in [3.63, 3.8) is 0 Å². The molecule has 0 spiro atoms. The third kappa shape index (κ3) is 2.92. The van der Waals surface area contributed by atoms with Gasteiger partial charge in [-0.15, -0.1) is 0 Å². The third-order valence-corrected chi connectivity index (χ3v) is 3.74. The number of fused-ring (bicyclic) bond motifs is 1. The summed E-state index contributed by atoms with van der Waals surface area (Å²) in [6, 6.07) is 2.74. The Morgan fingerprint density at radius 3 is 2.55 bits per heavy atom. The Morgan fingerprint density at radius 1 is 1.25 bits per heavy atom. The molecule has 1 N–H and O–H groups in total. The topological polar surface area (TPSA) is 24.9 Å². The van der Waals surface area contributed by atoms with Crippen LogP contribution in [-0.2, 0) is 6.42 Å². The third-order valence-electron chi connectivity index (χ3n) is 2.97. The summed E-state index contributed by atoms with van der Waals surface area (Å²) in [5, 5.41) is 3.61. The number of nitrogens with zero attached hydrogens (tertiary/aromatic N) is 1.